The van der Waals surface area contributed by atoms with E-state index in [4.69, 9.17) is 0 Å². The van der Waals surface area contributed by atoms with Gasteiger partial charge in [0.05, 0.1) is 6.54 Å². The number of nitrogens with one attached hydrogen (secondary N) is 2. The Bertz CT molecular complexity index is 785. The Balaban J connectivity index is 1.41. The van der Waals surface area contributed by atoms with Crippen molar-refractivity contribution in [1.82, 2.24) is 15.5 Å². The first-order valence-corrected chi connectivity index (χ1v) is 9.09. The lowest BCUT2D eigenvalue weighted by Gasteiger charge is -2.31. The van der Waals surface area contributed by atoms with E-state index in [2.05, 4.69) is 15.5 Å². The van der Waals surface area contributed by atoms with Crippen LogP contribution < -0.4 is 10.6 Å². The van der Waals surface area contributed by atoms with Crippen molar-refractivity contribution in [2.24, 2.45) is 0 Å². The van der Waals surface area contributed by atoms with Crippen LogP contribution in [0.2, 0.25) is 0 Å². The molecule has 140 valence electrons. The Morgan fingerprint density at radius 1 is 0.852 bits per heavy atom. The van der Waals surface area contributed by atoms with Crippen LogP contribution in [0.3, 0.4) is 0 Å². The van der Waals surface area contributed by atoms with Gasteiger partial charge in [-0.05, 0) is 25.0 Å². The zero-order chi connectivity index (χ0) is 19.1. The van der Waals surface area contributed by atoms with Gasteiger partial charge in [0.15, 0.2) is 5.78 Å². The summed E-state index contributed by atoms with van der Waals surface area (Å²) < 4.78 is 0. The number of likely N-dealkylation sites (tertiary alicyclic amines) is 1. The first-order valence-electron chi connectivity index (χ1n) is 9.09. The average Bonchev–Trinajstić information content (AvgIpc) is 2.70. The molecule has 0 radical (unpaired) electrons. The molecule has 3 amide bonds. The summed E-state index contributed by atoms with van der Waals surface area (Å²) in [4.78, 5) is 38.4. The molecule has 0 unspecified atom stereocenters. The highest BCUT2D eigenvalue weighted by Crippen LogP contribution is 2.11. The molecule has 0 aliphatic carbocycles. The Kier molecular flexibility index (Phi) is 6.33. The number of ketones is 1. The number of nitrogens with zero attached hydrogens (tertiary/aromatic N) is 1. The summed E-state index contributed by atoms with van der Waals surface area (Å²) in [5.74, 6) is -0.313. The highest BCUT2D eigenvalue weighted by molar-refractivity contribution is 6.04. The number of benzene rings is 2. The van der Waals surface area contributed by atoms with Crippen LogP contribution in [0.5, 0.6) is 0 Å². The number of hydrogen-bond acceptors (Lipinski definition) is 4. The zero-order valence-corrected chi connectivity index (χ0v) is 15.1. The minimum Gasteiger partial charge on any atom is -0.335 e. The number of piperidine rings is 1. The van der Waals surface area contributed by atoms with Crippen LogP contribution in [-0.2, 0) is 0 Å². The van der Waals surface area contributed by atoms with Crippen molar-refractivity contribution < 1.29 is 14.4 Å². The van der Waals surface area contributed by atoms with E-state index in [1.165, 1.54) is 0 Å². The van der Waals surface area contributed by atoms with E-state index in [9.17, 15) is 14.4 Å². The molecule has 2 aromatic carbocycles. The van der Waals surface area contributed by atoms with Crippen LogP contribution in [0.25, 0.3) is 0 Å². The fourth-order valence-electron chi connectivity index (χ4n) is 3.14. The second kappa shape index (κ2) is 9.09. The van der Waals surface area contributed by atoms with E-state index >= 15 is 0 Å². The van der Waals surface area contributed by atoms with Gasteiger partial charge in [0.1, 0.15) is 0 Å². The van der Waals surface area contributed by atoms with Gasteiger partial charge in [-0.3, -0.25) is 19.8 Å². The van der Waals surface area contributed by atoms with E-state index in [0.29, 0.717) is 12.1 Å². The molecular weight excluding hydrogens is 342 g/mol. The summed E-state index contributed by atoms with van der Waals surface area (Å²) in [5, 5.41) is 5.19. The van der Waals surface area contributed by atoms with Crippen molar-refractivity contribution in [2.75, 3.05) is 19.6 Å². The topological polar surface area (TPSA) is 78.5 Å². The minimum absolute atomic E-state index is 0.00310. The molecule has 2 aromatic rings. The van der Waals surface area contributed by atoms with Gasteiger partial charge in [-0.2, -0.15) is 0 Å². The van der Waals surface area contributed by atoms with Crippen LogP contribution in [0.1, 0.15) is 33.6 Å². The number of carbonyl (C=O) groups is 3. The van der Waals surface area contributed by atoms with E-state index in [1.54, 1.807) is 24.3 Å². The van der Waals surface area contributed by atoms with Crippen LogP contribution in [0, 0.1) is 0 Å². The van der Waals surface area contributed by atoms with Gasteiger partial charge in [-0.1, -0.05) is 48.5 Å². The van der Waals surface area contributed by atoms with E-state index in [1.807, 2.05) is 36.4 Å². The molecule has 6 nitrogen and oxygen atoms in total. The first-order chi connectivity index (χ1) is 13.1. The van der Waals surface area contributed by atoms with E-state index in [0.717, 1.165) is 31.5 Å². The molecule has 1 aliphatic heterocycles. The Morgan fingerprint density at radius 2 is 1.41 bits per heavy atom. The van der Waals surface area contributed by atoms with Gasteiger partial charge in [0, 0.05) is 30.3 Å². The van der Waals surface area contributed by atoms with Crippen LogP contribution in [0.15, 0.2) is 60.7 Å². The quantitative estimate of drug-likeness (QED) is 0.798. The Morgan fingerprint density at radius 3 is 2.00 bits per heavy atom. The van der Waals surface area contributed by atoms with Crippen molar-refractivity contribution in [2.45, 2.75) is 18.9 Å². The van der Waals surface area contributed by atoms with Crippen molar-refractivity contribution >= 4 is 17.7 Å². The van der Waals surface area contributed by atoms with Crippen LogP contribution in [-0.4, -0.2) is 48.3 Å². The lowest BCUT2D eigenvalue weighted by molar-refractivity contribution is 0.0899. The summed E-state index contributed by atoms with van der Waals surface area (Å²) in [5.41, 5.74) is 1.17. The molecule has 0 aromatic heterocycles. The number of Topliss-reactive ketones (excluding diaryl/α,β-unsaturated/α-hetero) is 1. The van der Waals surface area contributed by atoms with Gasteiger partial charge in [0.25, 0.3) is 5.91 Å². The fourth-order valence-corrected chi connectivity index (χ4v) is 3.14. The molecule has 0 bridgehead atoms. The van der Waals surface area contributed by atoms with Crippen molar-refractivity contribution in [3.05, 3.63) is 71.8 Å². The third-order valence-electron chi connectivity index (χ3n) is 4.65. The lowest BCUT2D eigenvalue weighted by Crippen LogP contribution is -2.49. The number of carbonyl (C=O) groups excluding carboxylic acids is 3. The highest BCUT2D eigenvalue weighted by Gasteiger charge is 2.23. The molecule has 3 rings (SSSR count). The highest BCUT2D eigenvalue weighted by atomic mass is 16.2. The maximum absolute atomic E-state index is 12.3. The molecule has 27 heavy (non-hydrogen) atoms. The number of urea groups is 1. The smallest absolute Gasteiger partial charge is 0.321 e. The lowest BCUT2D eigenvalue weighted by atomic mass is 10.0. The summed E-state index contributed by atoms with van der Waals surface area (Å²) in [6, 6.07) is 17.4. The zero-order valence-electron chi connectivity index (χ0n) is 15.1. The van der Waals surface area contributed by atoms with Gasteiger partial charge in [-0.25, -0.2) is 4.79 Å². The van der Waals surface area contributed by atoms with Gasteiger partial charge in [0.2, 0.25) is 0 Å². The third kappa shape index (κ3) is 5.49. The van der Waals surface area contributed by atoms with E-state index in [-0.39, 0.29) is 11.8 Å². The second-order valence-corrected chi connectivity index (χ2v) is 6.63. The standard InChI is InChI=1S/C21H23N3O3/c25-19(16-7-3-1-4-8-16)15-24-13-11-18(12-14-24)22-21(27)23-20(26)17-9-5-2-6-10-17/h1-10,18H,11-15H2,(H2,22,23,26,27). The molecule has 1 saturated heterocycles. The third-order valence-corrected chi connectivity index (χ3v) is 4.65. The second-order valence-electron chi connectivity index (χ2n) is 6.63. The predicted octanol–water partition coefficient (Wildman–Crippen LogP) is 2.47. The number of hydrogen-bond donors (Lipinski definition) is 2. The largest absolute Gasteiger partial charge is 0.335 e. The van der Waals surface area contributed by atoms with E-state index < -0.39 is 11.9 Å². The van der Waals surface area contributed by atoms with Gasteiger partial charge < -0.3 is 5.32 Å². The maximum atomic E-state index is 12.3. The molecule has 1 aliphatic rings. The monoisotopic (exact) mass is 365 g/mol. The maximum Gasteiger partial charge on any atom is 0.321 e. The summed E-state index contributed by atoms with van der Waals surface area (Å²) in [6.45, 7) is 1.85. The summed E-state index contributed by atoms with van der Waals surface area (Å²) >= 11 is 0. The molecular formula is C21H23N3O3. The minimum atomic E-state index is -0.484. The van der Waals surface area contributed by atoms with Gasteiger partial charge in [-0.15, -0.1) is 0 Å². The SMILES string of the molecule is O=C(NC(=O)c1ccccc1)NC1CCN(CC(=O)c2ccccc2)CC1. The number of imide groups is 1. The number of rotatable bonds is 5. The molecule has 2 N–H and O–H groups in total. The molecule has 6 heteroatoms. The van der Waals surface area contributed by atoms with Crippen molar-refractivity contribution in [3.8, 4) is 0 Å². The van der Waals surface area contributed by atoms with Crippen LogP contribution in [0.4, 0.5) is 4.79 Å². The summed E-state index contributed by atoms with van der Waals surface area (Å²) in [6.07, 6.45) is 1.49. The first kappa shape index (κ1) is 18.8. The molecule has 1 fully saturated rings. The molecule has 1 heterocycles. The normalized spacial score (nSPS) is 15.1. The molecule has 0 spiro atoms. The Labute approximate surface area is 158 Å². The van der Waals surface area contributed by atoms with Crippen molar-refractivity contribution in [3.63, 3.8) is 0 Å². The van der Waals surface area contributed by atoms with Crippen molar-refractivity contribution in [1.29, 1.82) is 0 Å². The number of amides is 3. The fraction of sp³-hybridized carbons (Fsp3) is 0.286. The van der Waals surface area contributed by atoms with Gasteiger partial charge >= 0.3 is 6.03 Å². The average molecular weight is 365 g/mol. The predicted molar refractivity (Wildman–Crippen MR) is 103 cm³/mol. The summed E-state index contributed by atoms with van der Waals surface area (Å²) in [7, 11) is 0. The Hall–Kier alpha value is -2.99. The van der Waals surface area contributed by atoms with Crippen LogP contribution >= 0.6 is 0 Å². The molecule has 0 atom stereocenters. The molecule has 0 saturated carbocycles.